The zero-order chi connectivity index (χ0) is 11.9. The highest BCUT2D eigenvalue weighted by Gasteiger charge is 2.15. The number of nitrogens with two attached hydrogens (primary N) is 1. The Bertz CT molecular complexity index is 417. The zero-order valence-electron chi connectivity index (χ0n) is 9.69. The Morgan fingerprint density at radius 3 is 3.24 bits per heavy atom. The van der Waals surface area contributed by atoms with E-state index in [0.29, 0.717) is 13.2 Å². The average molecular weight is 232 g/mol. The van der Waals surface area contributed by atoms with Gasteiger partial charge in [-0.25, -0.2) is 0 Å². The molecule has 4 heteroatoms. The van der Waals surface area contributed by atoms with Gasteiger partial charge in [-0.05, 0) is 18.9 Å². The molecular formula is C13H16N2O2. The molecule has 1 aliphatic heterocycles. The van der Waals surface area contributed by atoms with Crippen LogP contribution in [0.15, 0.2) is 18.5 Å². The van der Waals surface area contributed by atoms with Crippen molar-refractivity contribution >= 4 is 0 Å². The van der Waals surface area contributed by atoms with Crippen LogP contribution in [0, 0.1) is 11.8 Å². The summed E-state index contributed by atoms with van der Waals surface area (Å²) in [6.07, 6.45) is 5.60. The van der Waals surface area contributed by atoms with Crippen LogP contribution in [0.3, 0.4) is 0 Å². The maximum absolute atomic E-state index is 5.79. The van der Waals surface area contributed by atoms with Crippen molar-refractivity contribution in [3.05, 3.63) is 24.0 Å². The number of hydrogen-bond donors (Lipinski definition) is 1. The van der Waals surface area contributed by atoms with Gasteiger partial charge in [0.1, 0.15) is 11.9 Å². The molecule has 0 bridgehead atoms. The van der Waals surface area contributed by atoms with E-state index in [1.165, 1.54) is 0 Å². The van der Waals surface area contributed by atoms with Crippen molar-refractivity contribution in [1.29, 1.82) is 0 Å². The van der Waals surface area contributed by atoms with E-state index in [-0.39, 0.29) is 6.10 Å². The summed E-state index contributed by atoms with van der Waals surface area (Å²) in [4.78, 5) is 4.09. The molecule has 2 rings (SSSR count). The van der Waals surface area contributed by atoms with Crippen LogP contribution in [0.4, 0.5) is 0 Å². The minimum Gasteiger partial charge on any atom is -0.486 e. The van der Waals surface area contributed by atoms with E-state index in [9.17, 15) is 0 Å². The standard InChI is InChI=1S/C13H16N2O2/c14-5-1-3-11-7-13(9-15-8-11)17-12-4-2-6-16-10-12/h7-9,12H,2,4-6,10,14H2. The number of nitrogens with zero attached hydrogens (tertiary/aromatic N) is 1. The molecule has 1 aromatic rings. The van der Waals surface area contributed by atoms with Gasteiger partial charge >= 0.3 is 0 Å². The van der Waals surface area contributed by atoms with Crippen molar-refractivity contribution in [3.8, 4) is 17.6 Å². The van der Waals surface area contributed by atoms with Crippen LogP contribution >= 0.6 is 0 Å². The van der Waals surface area contributed by atoms with Gasteiger partial charge in [-0.1, -0.05) is 11.8 Å². The molecule has 2 N–H and O–H groups in total. The monoisotopic (exact) mass is 232 g/mol. The summed E-state index contributed by atoms with van der Waals surface area (Å²) in [6.45, 7) is 1.83. The van der Waals surface area contributed by atoms with Crippen LogP contribution in [-0.2, 0) is 4.74 Å². The molecule has 0 aliphatic carbocycles. The van der Waals surface area contributed by atoms with Gasteiger partial charge in [0, 0.05) is 18.4 Å². The molecule has 0 radical (unpaired) electrons. The Morgan fingerprint density at radius 1 is 1.53 bits per heavy atom. The molecule has 1 aliphatic rings. The molecule has 0 aromatic carbocycles. The van der Waals surface area contributed by atoms with Crippen LogP contribution < -0.4 is 10.5 Å². The smallest absolute Gasteiger partial charge is 0.139 e. The van der Waals surface area contributed by atoms with E-state index in [1.54, 1.807) is 12.4 Å². The second-order valence-electron chi connectivity index (χ2n) is 3.87. The molecule has 0 saturated carbocycles. The fourth-order valence-electron chi connectivity index (χ4n) is 1.70. The second-order valence-corrected chi connectivity index (χ2v) is 3.87. The van der Waals surface area contributed by atoms with Gasteiger partial charge in [0.15, 0.2) is 0 Å². The Kier molecular flexibility index (Phi) is 4.37. The molecule has 1 fully saturated rings. The first-order valence-electron chi connectivity index (χ1n) is 5.77. The minimum absolute atomic E-state index is 0.128. The molecule has 0 spiro atoms. The summed E-state index contributed by atoms with van der Waals surface area (Å²) < 4.78 is 11.1. The van der Waals surface area contributed by atoms with Crippen LogP contribution in [0.5, 0.6) is 5.75 Å². The number of aromatic nitrogens is 1. The highest BCUT2D eigenvalue weighted by molar-refractivity contribution is 5.36. The molecule has 1 saturated heterocycles. The van der Waals surface area contributed by atoms with Gasteiger partial charge < -0.3 is 15.2 Å². The van der Waals surface area contributed by atoms with Gasteiger partial charge in [-0.2, -0.15) is 0 Å². The fraction of sp³-hybridized carbons (Fsp3) is 0.462. The highest BCUT2D eigenvalue weighted by atomic mass is 16.5. The Morgan fingerprint density at radius 2 is 2.47 bits per heavy atom. The van der Waals surface area contributed by atoms with E-state index in [1.807, 2.05) is 6.07 Å². The van der Waals surface area contributed by atoms with Crippen molar-refractivity contribution in [2.75, 3.05) is 19.8 Å². The highest BCUT2D eigenvalue weighted by Crippen LogP contribution is 2.17. The number of pyridine rings is 1. The van der Waals surface area contributed by atoms with Crippen molar-refractivity contribution in [2.45, 2.75) is 18.9 Å². The predicted molar refractivity (Wildman–Crippen MR) is 64.6 cm³/mol. The number of rotatable bonds is 2. The summed E-state index contributed by atoms with van der Waals surface area (Å²) in [5, 5.41) is 0. The van der Waals surface area contributed by atoms with E-state index < -0.39 is 0 Å². The van der Waals surface area contributed by atoms with Crippen LogP contribution in [-0.4, -0.2) is 30.8 Å². The lowest BCUT2D eigenvalue weighted by Gasteiger charge is -2.23. The van der Waals surface area contributed by atoms with Gasteiger partial charge in [0.2, 0.25) is 0 Å². The lowest BCUT2D eigenvalue weighted by Crippen LogP contribution is -2.28. The van der Waals surface area contributed by atoms with E-state index in [4.69, 9.17) is 15.2 Å². The molecule has 1 aromatic heterocycles. The first-order valence-corrected chi connectivity index (χ1v) is 5.77. The first-order chi connectivity index (χ1) is 8.38. The van der Waals surface area contributed by atoms with Gasteiger partial charge in [-0.3, -0.25) is 4.98 Å². The molecular weight excluding hydrogens is 216 g/mol. The van der Waals surface area contributed by atoms with Crippen molar-refractivity contribution in [1.82, 2.24) is 4.98 Å². The van der Waals surface area contributed by atoms with Gasteiger partial charge in [0.25, 0.3) is 0 Å². The minimum atomic E-state index is 0.128. The summed E-state index contributed by atoms with van der Waals surface area (Å²) >= 11 is 0. The van der Waals surface area contributed by atoms with Crippen LogP contribution in [0.25, 0.3) is 0 Å². The lowest BCUT2D eigenvalue weighted by atomic mass is 10.2. The quantitative estimate of drug-likeness (QED) is 0.771. The van der Waals surface area contributed by atoms with Crippen LogP contribution in [0.2, 0.25) is 0 Å². The third-order valence-corrected chi connectivity index (χ3v) is 2.47. The van der Waals surface area contributed by atoms with Gasteiger partial charge in [-0.15, -0.1) is 0 Å². The first kappa shape index (κ1) is 11.9. The third-order valence-electron chi connectivity index (χ3n) is 2.47. The lowest BCUT2D eigenvalue weighted by molar-refractivity contribution is 0.00727. The fourth-order valence-corrected chi connectivity index (χ4v) is 1.70. The second kappa shape index (κ2) is 6.24. The van der Waals surface area contributed by atoms with E-state index in [2.05, 4.69) is 16.8 Å². The molecule has 2 heterocycles. The molecule has 0 amide bonds. The Hall–Kier alpha value is -1.57. The van der Waals surface area contributed by atoms with E-state index in [0.717, 1.165) is 30.8 Å². The topological polar surface area (TPSA) is 57.4 Å². The summed E-state index contributed by atoms with van der Waals surface area (Å²) in [5.74, 6) is 6.47. The van der Waals surface area contributed by atoms with E-state index >= 15 is 0 Å². The summed E-state index contributed by atoms with van der Waals surface area (Å²) in [7, 11) is 0. The van der Waals surface area contributed by atoms with Crippen molar-refractivity contribution in [3.63, 3.8) is 0 Å². The summed E-state index contributed by atoms with van der Waals surface area (Å²) in [5.41, 5.74) is 6.15. The number of ether oxygens (including phenoxy) is 2. The van der Waals surface area contributed by atoms with Crippen molar-refractivity contribution < 1.29 is 9.47 Å². The normalized spacial score (nSPS) is 19.2. The largest absolute Gasteiger partial charge is 0.486 e. The molecule has 1 atom stereocenters. The molecule has 4 nitrogen and oxygen atoms in total. The maximum Gasteiger partial charge on any atom is 0.139 e. The van der Waals surface area contributed by atoms with Crippen LogP contribution in [0.1, 0.15) is 18.4 Å². The predicted octanol–water partition coefficient (Wildman–Crippen LogP) is 0.950. The summed E-state index contributed by atoms with van der Waals surface area (Å²) in [6, 6.07) is 1.88. The molecule has 17 heavy (non-hydrogen) atoms. The maximum atomic E-state index is 5.79. The Balaban J connectivity index is 2.00. The Labute approximate surface area is 101 Å². The molecule has 1 unspecified atom stereocenters. The zero-order valence-corrected chi connectivity index (χ0v) is 9.69. The number of hydrogen-bond acceptors (Lipinski definition) is 4. The van der Waals surface area contributed by atoms with Gasteiger partial charge in [0.05, 0.1) is 19.3 Å². The van der Waals surface area contributed by atoms with Crippen molar-refractivity contribution in [2.24, 2.45) is 5.73 Å². The third kappa shape index (κ3) is 3.74. The average Bonchev–Trinajstić information content (AvgIpc) is 2.38. The molecule has 90 valence electrons. The SMILES string of the molecule is NCC#Cc1cncc(OC2CCCOC2)c1.